The quantitative estimate of drug-likeness (QED) is 0.558. The summed E-state index contributed by atoms with van der Waals surface area (Å²) in [6, 6.07) is 14.8. The first-order valence-corrected chi connectivity index (χ1v) is 12.1. The van der Waals surface area contributed by atoms with Crippen LogP contribution < -0.4 is 5.32 Å². The van der Waals surface area contributed by atoms with E-state index in [1.54, 1.807) is 30.3 Å². The molecule has 1 atom stereocenters. The Morgan fingerprint density at radius 1 is 1.24 bits per heavy atom. The molecule has 0 spiro atoms. The van der Waals surface area contributed by atoms with Crippen molar-refractivity contribution in [3.05, 3.63) is 58.7 Å². The van der Waals surface area contributed by atoms with Crippen molar-refractivity contribution >= 4 is 17.2 Å². The molecule has 1 heterocycles. The molecule has 3 aromatic rings. The molecule has 33 heavy (non-hydrogen) atoms. The van der Waals surface area contributed by atoms with Crippen molar-refractivity contribution in [2.45, 2.75) is 39.2 Å². The van der Waals surface area contributed by atoms with Gasteiger partial charge in [-0.05, 0) is 47.9 Å². The van der Waals surface area contributed by atoms with Crippen LogP contribution in [0.5, 0.6) is 0 Å². The lowest BCUT2D eigenvalue weighted by molar-refractivity contribution is -0.127. The number of benzene rings is 2. The van der Waals surface area contributed by atoms with Gasteiger partial charge in [0.15, 0.2) is 0 Å². The van der Waals surface area contributed by atoms with E-state index < -0.39 is 0 Å². The summed E-state index contributed by atoms with van der Waals surface area (Å²) in [5.41, 5.74) is 6.34. The number of nitriles is 1. The zero-order valence-corrected chi connectivity index (χ0v) is 20.4. The van der Waals surface area contributed by atoms with Gasteiger partial charge < -0.3 is 10.2 Å². The van der Waals surface area contributed by atoms with Gasteiger partial charge >= 0.3 is 0 Å². The number of hydrogen-bond acceptors (Lipinski definition) is 6. The fourth-order valence-electron chi connectivity index (χ4n) is 4.32. The molecule has 0 fully saturated rings. The van der Waals surface area contributed by atoms with Crippen molar-refractivity contribution in [3.8, 4) is 27.2 Å². The summed E-state index contributed by atoms with van der Waals surface area (Å²) in [6.45, 7) is 4.65. The molecule has 1 aliphatic carbocycles. The Balaban J connectivity index is 1.58. The Bertz CT molecular complexity index is 1210. The second-order valence-electron chi connectivity index (χ2n) is 9.13. The number of hydrogen-bond donors (Lipinski definition) is 1. The van der Waals surface area contributed by atoms with Crippen molar-refractivity contribution in [1.82, 2.24) is 20.4 Å². The number of nitrogens with one attached hydrogen (secondary N) is 1. The molecule has 0 bridgehead atoms. The van der Waals surface area contributed by atoms with Gasteiger partial charge in [-0.25, -0.2) is 0 Å². The minimum Gasteiger partial charge on any atom is -0.348 e. The molecular weight excluding hydrogens is 430 g/mol. The van der Waals surface area contributed by atoms with E-state index in [1.807, 2.05) is 18.2 Å². The number of amides is 1. The minimum absolute atomic E-state index is 0.0736. The van der Waals surface area contributed by atoms with Gasteiger partial charge in [-0.2, -0.15) is 5.26 Å². The van der Waals surface area contributed by atoms with Gasteiger partial charge in [-0.1, -0.05) is 55.5 Å². The maximum absolute atomic E-state index is 12.0. The maximum Gasteiger partial charge on any atom is 0.236 e. The van der Waals surface area contributed by atoms with Crippen molar-refractivity contribution in [2.75, 3.05) is 20.6 Å². The third-order valence-electron chi connectivity index (χ3n) is 6.03. The van der Waals surface area contributed by atoms with Gasteiger partial charge in [-0.3, -0.25) is 4.79 Å². The molecule has 1 N–H and O–H groups in total. The number of carbonyl (C=O) groups is 1. The van der Waals surface area contributed by atoms with E-state index in [-0.39, 0.29) is 11.9 Å². The molecule has 4 rings (SSSR count). The second kappa shape index (κ2) is 9.82. The molecule has 0 saturated heterocycles. The van der Waals surface area contributed by atoms with E-state index in [9.17, 15) is 10.1 Å². The highest BCUT2D eigenvalue weighted by Crippen LogP contribution is 2.40. The number of rotatable bonds is 7. The topological polar surface area (TPSA) is 81.9 Å². The summed E-state index contributed by atoms with van der Waals surface area (Å²) < 4.78 is 0. The third kappa shape index (κ3) is 4.97. The average Bonchev–Trinajstić information content (AvgIpc) is 3.44. The molecule has 0 radical (unpaired) electrons. The summed E-state index contributed by atoms with van der Waals surface area (Å²) in [5, 5.41) is 23.7. The predicted octanol–water partition coefficient (Wildman–Crippen LogP) is 4.61. The highest BCUT2D eigenvalue weighted by molar-refractivity contribution is 7.17. The fourth-order valence-corrected chi connectivity index (χ4v) is 5.21. The highest BCUT2D eigenvalue weighted by atomic mass is 32.1. The molecule has 0 saturated carbocycles. The van der Waals surface area contributed by atoms with Crippen LogP contribution in [0.25, 0.3) is 21.1 Å². The lowest BCUT2D eigenvalue weighted by Gasteiger charge is -2.16. The Morgan fingerprint density at radius 2 is 2.03 bits per heavy atom. The smallest absolute Gasteiger partial charge is 0.236 e. The van der Waals surface area contributed by atoms with E-state index in [4.69, 9.17) is 0 Å². The van der Waals surface area contributed by atoms with E-state index in [0.717, 1.165) is 46.0 Å². The average molecular weight is 460 g/mol. The summed E-state index contributed by atoms with van der Waals surface area (Å²) >= 11 is 1.55. The van der Waals surface area contributed by atoms with Gasteiger partial charge in [0.05, 0.1) is 18.2 Å². The number of aromatic nitrogens is 2. The van der Waals surface area contributed by atoms with Crippen molar-refractivity contribution < 1.29 is 4.79 Å². The number of nitrogens with zero attached hydrogens (tertiary/aromatic N) is 4. The predicted molar refractivity (Wildman–Crippen MR) is 132 cm³/mol. The van der Waals surface area contributed by atoms with Crippen LogP contribution in [0, 0.1) is 17.2 Å². The van der Waals surface area contributed by atoms with Gasteiger partial charge in [0, 0.05) is 31.3 Å². The van der Waals surface area contributed by atoms with Crippen LogP contribution in [-0.4, -0.2) is 41.6 Å². The Labute approximate surface area is 199 Å². The molecule has 2 aromatic carbocycles. The van der Waals surface area contributed by atoms with Gasteiger partial charge in [0.1, 0.15) is 10.0 Å². The van der Waals surface area contributed by atoms with Gasteiger partial charge in [0.25, 0.3) is 0 Å². The SMILES string of the molecule is CC(C)Cc1ccc(-c2nnc(-c3cccc4c3CC[C@@H]4NCC(=O)N(C)C)s2)cc1C#N. The molecule has 170 valence electrons. The molecule has 1 aliphatic rings. The summed E-state index contributed by atoms with van der Waals surface area (Å²) in [5.74, 6) is 0.570. The van der Waals surface area contributed by atoms with Crippen LogP contribution in [0.2, 0.25) is 0 Å². The zero-order valence-electron chi connectivity index (χ0n) is 19.6. The molecule has 1 amide bonds. The largest absolute Gasteiger partial charge is 0.348 e. The van der Waals surface area contributed by atoms with Crippen LogP contribution in [0.15, 0.2) is 36.4 Å². The molecule has 1 aromatic heterocycles. The number of carbonyl (C=O) groups excluding carboxylic acids is 1. The molecular formula is C26H29N5OS. The Hall–Kier alpha value is -3.08. The maximum atomic E-state index is 12.0. The summed E-state index contributed by atoms with van der Waals surface area (Å²) in [4.78, 5) is 13.6. The molecule has 0 unspecified atom stereocenters. The zero-order chi connectivity index (χ0) is 23.5. The normalized spacial score (nSPS) is 14.8. The fraction of sp³-hybridized carbons (Fsp3) is 0.385. The molecule has 0 aliphatic heterocycles. The first kappa shape index (κ1) is 23.1. The van der Waals surface area contributed by atoms with E-state index >= 15 is 0 Å². The van der Waals surface area contributed by atoms with Crippen LogP contribution in [-0.2, 0) is 17.6 Å². The number of fused-ring (bicyclic) bond motifs is 1. The van der Waals surface area contributed by atoms with E-state index in [1.165, 1.54) is 11.1 Å². The van der Waals surface area contributed by atoms with E-state index in [0.29, 0.717) is 18.0 Å². The monoisotopic (exact) mass is 459 g/mol. The summed E-state index contributed by atoms with van der Waals surface area (Å²) in [7, 11) is 3.55. The second-order valence-corrected chi connectivity index (χ2v) is 10.1. The first-order valence-electron chi connectivity index (χ1n) is 11.3. The minimum atomic E-state index is 0.0736. The molecule has 6 nitrogen and oxygen atoms in total. The Morgan fingerprint density at radius 3 is 2.76 bits per heavy atom. The lowest BCUT2D eigenvalue weighted by Crippen LogP contribution is -2.34. The van der Waals surface area contributed by atoms with Crippen LogP contribution in [0.3, 0.4) is 0 Å². The van der Waals surface area contributed by atoms with Crippen molar-refractivity contribution in [1.29, 1.82) is 5.26 Å². The van der Waals surface area contributed by atoms with Crippen molar-refractivity contribution in [2.24, 2.45) is 5.92 Å². The number of likely N-dealkylation sites (N-methyl/N-ethyl adjacent to an activating group) is 1. The van der Waals surface area contributed by atoms with E-state index in [2.05, 4.69) is 53.6 Å². The third-order valence-corrected chi connectivity index (χ3v) is 7.04. The highest BCUT2D eigenvalue weighted by Gasteiger charge is 2.26. The first-order chi connectivity index (χ1) is 15.9. The van der Waals surface area contributed by atoms with Crippen molar-refractivity contribution in [3.63, 3.8) is 0 Å². The lowest BCUT2D eigenvalue weighted by atomic mass is 9.97. The summed E-state index contributed by atoms with van der Waals surface area (Å²) in [6.07, 6.45) is 2.79. The molecule has 7 heteroatoms. The van der Waals surface area contributed by atoms with Gasteiger partial charge in [0.2, 0.25) is 5.91 Å². The Kier molecular flexibility index (Phi) is 6.87. The standard InChI is InChI=1S/C26H29N5OS/c1-16(2)12-17-8-9-18(13-19(17)14-27)25-29-30-26(33-25)22-7-5-6-21-20(22)10-11-23(21)28-15-24(32)31(3)4/h5-9,13,16,23,28H,10-12,15H2,1-4H3/t23-/m0/s1. The van der Waals surface area contributed by atoms with Gasteiger partial charge in [-0.15, -0.1) is 10.2 Å². The van der Waals surface area contributed by atoms with Crippen LogP contribution >= 0.6 is 11.3 Å². The van der Waals surface area contributed by atoms with Crippen LogP contribution in [0.1, 0.15) is 48.6 Å². The van der Waals surface area contributed by atoms with Crippen LogP contribution in [0.4, 0.5) is 0 Å².